The summed E-state index contributed by atoms with van der Waals surface area (Å²) in [5, 5.41) is 16.3. The van der Waals surface area contributed by atoms with Crippen LogP contribution in [0.15, 0.2) is 10.5 Å². The lowest BCUT2D eigenvalue weighted by atomic mass is 9.97. The van der Waals surface area contributed by atoms with Crippen LogP contribution in [-0.4, -0.2) is 91.8 Å². The van der Waals surface area contributed by atoms with E-state index in [4.69, 9.17) is 10.6 Å². The predicted octanol–water partition coefficient (Wildman–Crippen LogP) is -2.04. The van der Waals surface area contributed by atoms with Crippen molar-refractivity contribution in [2.24, 2.45) is 5.16 Å². The average Bonchev–Trinajstić information content (AvgIpc) is 3.30. The molecular formula is C17H20N6O10S2. The minimum atomic E-state index is -5.08. The highest BCUT2D eigenvalue weighted by Crippen LogP contribution is 2.27. The molecule has 1 aromatic heterocycles. The monoisotopic (exact) mass is 532 g/mol. The summed E-state index contributed by atoms with van der Waals surface area (Å²) in [4.78, 5) is 70.2. The number of hydrogen-bond acceptors (Lipinski definition) is 12. The molecule has 1 aromatic rings. The van der Waals surface area contributed by atoms with Gasteiger partial charge in [0.15, 0.2) is 10.8 Å². The lowest BCUT2D eigenvalue weighted by Crippen LogP contribution is -2.74. The predicted molar refractivity (Wildman–Crippen MR) is 116 cm³/mol. The molecule has 4 amide bonds. The van der Waals surface area contributed by atoms with Crippen LogP contribution in [0.25, 0.3) is 0 Å². The van der Waals surface area contributed by atoms with Crippen molar-refractivity contribution in [3.8, 4) is 0 Å². The number of hydrogen-bond donors (Lipinski definition) is 4. The third-order valence-electron chi connectivity index (χ3n) is 5.09. The number of imide groups is 1. The van der Waals surface area contributed by atoms with Gasteiger partial charge in [0.25, 0.3) is 11.8 Å². The molecule has 3 heterocycles. The summed E-state index contributed by atoms with van der Waals surface area (Å²) in [7, 11) is -5.08. The quantitative estimate of drug-likeness (QED) is 0.0884. The Morgan fingerprint density at radius 1 is 1.31 bits per heavy atom. The molecule has 190 valence electrons. The zero-order chi connectivity index (χ0) is 26.3. The number of oxime groups is 1. The zero-order valence-electron chi connectivity index (χ0n) is 18.2. The topological polar surface area (TPSA) is 239 Å². The Hall–Kier alpha value is -3.64. The summed E-state index contributed by atoms with van der Waals surface area (Å²) < 4.78 is 32.8. The molecule has 2 saturated heterocycles. The SMILES string of the molecule is CC(C)(ON=C(C(=O)N[C@@H]1C(=O)N(S(=O)(=O)O)[C@@H]1CN1C(=O)CCC1=O)c1csc(N)n1)C(=O)O. The van der Waals surface area contributed by atoms with Crippen LogP contribution in [0.3, 0.4) is 0 Å². The second-order valence-electron chi connectivity index (χ2n) is 7.95. The number of β-lactam (4-membered cyclic amide) rings is 1. The molecule has 0 radical (unpaired) electrons. The van der Waals surface area contributed by atoms with E-state index in [2.05, 4.69) is 15.5 Å². The maximum absolute atomic E-state index is 13.0. The first-order chi connectivity index (χ1) is 16.1. The molecule has 5 N–H and O–H groups in total. The minimum absolute atomic E-state index is 0.0270. The highest BCUT2D eigenvalue weighted by Gasteiger charge is 2.55. The highest BCUT2D eigenvalue weighted by molar-refractivity contribution is 7.84. The number of amides is 4. The van der Waals surface area contributed by atoms with Crippen LogP contribution >= 0.6 is 11.3 Å². The Balaban J connectivity index is 1.89. The van der Waals surface area contributed by atoms with Crippen molar-refractivity contribution in [1.82, 2.24) is 19.5 Å². The largest absolute Gasteiger partial charge is 0.478 e. The molecule has 2 aliphatic heterocycles. The fraction of sp³-hybridized carbons (Fsp3) is 0.471. The van der Waals surface area contributed by atoms with Crippen LogP contribution in [-0.2, 0) is 39.1 Å². The summed E-state index contributed by atoms with van der Waals surface area (Å²) in [6.45, 7) is 1.71. The lowest BCUT2D eigenvalue weighted by molar-refractivity contribution is -0.161. The van der Waals surface area contributed by atoms with E-state index in [0.717, 1.165) is 30.1 Å². The van der Waals surface area contributed by atoms with Crippen molar-refractivity contribution in [3.05, 3.63) is 11.1 Å². The summed E-state index contributed by atoms with van der Waals surface area (Å²) >= 11 is 0.920. The molecule has 0 unspecified atom stereocenters. The fourth-order valence-corrected chi connectivity index (χ4v) is 4.58. The fourth-order valence-electron chi connectivity index (χ4n) is 3.16. The molecule has 2 aliphatic rings. The van der Waals surface area contributed by atoms with E-state index in [0.29, 0.717) is 0 Å². The number of thiazole rings is 1. The molecule has 0 spiro atoms. The van der Waals surface area contributed by atoms with Crippen molar-refractivity contribution in [2.75, 3.05) is 12.3 Å². The molecule has 35 heavy (non-hydrogen) atoms. The Labute approximate surface area is 201 Å². The van der Waals surface area contributed by atoms with E-state index in [1.54, 1.807) is 0 Å². The second-order valence-corrected chi connectivity index (χ2v) is 10.1. The van der Waals surface area contributed by atoms with Crippen LogP contribution in [0.4, 0.5) is 5.13 Å². The number of carboxylic acid groups (broad SMARTS) is 1. The second kappa shape index (κ2) is 9.19. The van der Waals surface area contributed by atoms with Gasteiger partial charge < -0.3 is 21.0 Å². The first kappa shape index (κ1) is 26.0. The van der Waals surface area contributed by atoms with E-state index in [-0.39, 0.29) is 28.0 Å². The summed E-state index contributed by atoms with van der Waals surface area (Å²) in [5.74, 6) is -5.00. The van der Waals surface area contributed by atoms with Crippen LogP contribution in [0, 0.1) is 0 Å². The number of nitrogen functional groups attached to an aromatic ring is 1. The number of nitrogens with one attached hydrogen (secondary N) is 1. The number of likely N-dealkylation sites (tertiary alicyclic amines) is 1. The molecule has 18 heteroatoms. The molecule has 0 aromatic carbocycles. The van der Waals surface area contributed by atoms with Gasteiger partial charge in [0.1, 0.15) is 11.7 Å². The van der Waals surface area contributed by atoms with Crippen LogP contribution < -0.4 is 11.1 Å². The number of carbonyl (C=O) groups excluding carboxylic acids is 4. The van der Waals surface area contributed by atoms with E-state index in [1.807, 2.05) is 0 Å². The third-order valence-corrected chi connectivity index (χ3v) is 6.71. The number of aromatic nitrogens is 1. The molecule has 0 aliphatic carbocycles. The Bertz CT molecular complexity index is 1220. The van der Waals surface area contributed by atoms with Crippen molar-refractivity contribution in [2.45, 2.75) is 44.4 Å². The smallest absolute Gasteiger partial charge is 0.362 e. The number of rotatable bonds is 9. The van der Waals surface area contributed by atoms with Gasteiger partial charge in [0.2, 0.25) is 17.4 Å². The van der Waals surface area contributed by atoms with Gasteiger partial charge in [-0.05, 0) is 13.8 Å². The number of nitrogens with zero attached hydrogens (tertiary/aromatic N) is 4. The zero-order valence-corrected chi connectivity index (χ0v) is 19.8. The van der Waals surface area contributed by atoms with Gasteiger partial charge in [0, 0.05) is 18.2 Å². The van der Waals surface area contributed by atoms with Gasteiger partial charge in [-0.1, -0.05) is 5.16 Å². The Kier molecular flexibility index (Phi) is 6.82. The molecule has 3 rings (SSSR count). The number of carbonyl (C=O) groups is 5. The molecular weight excluding hydrogens is 512 g/mol. The minimum Gasteiger partial charge on any atom is -0.478 e. The third kappa shape index (κ3) is 5.23. The summed E-state index contributed by atoms with van der Waals surface area (Å²) in [6, 6.07) is -3.11. The van der Waals surface area contributed by atoms with Gasteiger partial charge in [-0.25, -0.2) is 14.1 Å². The normalized spacial score (nSPS) is 21.2. The lowest BCUT2D eigenvalue weighted by Gasteiger charge is -2.45. The van der Waals surface area contributed by atoms with Crippen molar-refractivity contribution in [3.63, 3.8) is 0 Å². The summed E-state index contributed by atoms with van der Waals surface area (Å²) in [5.41, 5.74) is 2.99. The average molecular weight is 533 g/mol. The van der Waals surface area contributed by atoms with Crippen LogP contribution in [0.5, 0.6) is 0 Å². The van der Waals surface area contributed by atoms with Crippen molar-refractivity contribution in [1.29, 1.82) is 0 Å². The van der Waals surface area contributed by atoms with Gasteiger partial charge in [-0.15, -0.1) is 11.3 Å². The first-order valence-corrected chi connectivity index (χ1v) is 12.1. The maximum atomic E-state index is 13.0. The van der Waals surface area contributed by atoms with Gasteiger partial charge in [-0.3, -0.25) is 28.6 Å². The van der Waals surface area contributed by atoms with Crippen LogP contribution in [0.2, 0.25) is 0 Å². The number of nitrogens with two attached hydrogens (primary N) is 1. The summed E-state index contributed by atoms with van der Waals surface area (Å²) in [6.07, 6.45) is -0.220. The van der Waals surface area contributed by atoms with E-state index < -0.39 is 69.8 Å². The highest BCUT2D eigenvalue weighted by atomic mass is 32.2. The van der Waals surface area contributed by atoms with Gasteiger partial charge in [-0.2, -0.15) is 8.42 Å². The van der Waals surface area contributed by atoms with E-state index in [1.165, 1.54) is 5.38 Å². The number of anilines is 1. The van der Waals surface area contributed by atoms with E-state index in [9.17, 15) is 42.0 Å². The van der Waals surface area contributed by atoms with Gasteiger partial charge >= 0.3 is 16.3 Å². The van der Waals surface area contributed by atoms with Crippen molar-refractivity contribution < 1.29 is 46.9 Å². The first-order valence-electron chi connectivity index (χ1n) is 9.79. The molecule has 0 saturated carbocycles. The standard InChI is InChI=1S/C17H20N6O10S2/c1-17(2,15(28)29)33-21-11(7-6-34-16(18)19-7)13(26)20-12-8(23(14(12)27)35(30,31)32)5-22-9(24)3-4-10(22)25/h6,8,12H,3-5H2,1-2H3,(H2,18,19)(H,20,26)(H,28,29)(H,30,31,32)/t8-,12+/m1/s1. The van der Waals surface area contributed by atoms with Crippen LogP contribution in [0.1, 0.15) is 32.4 Å². The Morgan fingerprint density at radius 2 is 1.91 bits per heavy atom. The number of aliphatic carboxylic acids is 1. The Morgan fingerprint density at radius 3 is 2.40 bits per heavy atom. The molecule has 16 nitrogen and oxygen atoms in total. The maximum Gasteiger partial charge on any atom is 0.362 e. The van der Waals surface area contributed by atoms with Gasteiger partial charge in [0.05, 0.1) is 12.6 Å². The molecule has 2 atom stereocenters. The molecule has 0 bridgehead atoms. The van der Waals surface area contributed by atoms with E-state index >= 15 is 0 Å². The number of carboxylic acids is 1. The van der Waals surface area contributed by atoms with Crippen molar-refractivity contribution >= 4 is 62.1 Å². The molecule has 2 fully saturated rings.